The number of hydrogen-bond donors (Lipinski definition) is 0. The largest absolute Gasteiger partial charge is 0.462 e. The van der Waals surface area contributed by atoms with E-state index in [2.05, 4.69) is 0 Å². The smallest absolute Gasteiger partial charge is 0.343 e. The number of esters is 2. The average Bonchev–Trinajstić information content (AvgIpc) is 2.47. The molecule has 0 aliphatic carbocycles. The Morgan fingerprint density at radius 2 is 1.62 bits per heavy atom. The van der Waals surface area contributed by atoms with E-state index in [-0.39, 0.29) is 0 Å². The summed E-state index contributed by atoms with van der Waals surface area (Å²) in [4.78, 5) is 23.5. The molecule has 0 amide bonds. The van der Waals surface area contributed by atoms with Gasteiger partial charge in [0.2, 0.25) is 0 Å². The summed E-state index contributed by atoms with van der Waals surface area (Å²) in [5, 5.41) is 0.484. The van der Waals surface area contributed by atoms with Gasteiger partial charge in [-0.05, 0) is 49.4 Å². The standard InChI is InChI=1S/C16H13ClO4/c1-2-20-15(18)11-6-8-12(9-7-11)16(19)21-14-5-3-4-13(17)10-14/h3-10H,2H2,1H3. The van der Waals surface area contributed by atoms with Crippen molar-refractivity contribution in [1.82, 2.24) is 0 Å². The van der Waals surface area contributed by atoms with Crippen LogP contribution < -0.4 is 4.74 Å². The fraction of sp³-hybridized carbons (Fsp3) is 0.125. The summed E-state index contributed by atoms with van der Waals surface area (Å²) in [6.45, 7) is 2.03. The van der Waals surface area contributed by atoms with Gasteiger partial charge in [-0.3, -0.25) is 0 Å². The predicted octanol–water partition coefficient (Wildman–Crippen LogP) is 3.74. The fourth-order valence-corrected chi connectivity index (χ4v) is 1.83. The number of rotatable bonds is 4. The van der Waals surface area contributed by atoms with Crippen molar-refractivity contribution in [2.45, 2.75) is 6.92 Å². The van der Waals surface area contributed by atoms with Gasteiger partial charge in [-0.25, -0.2) is 9.59 Å². The van der Waals surface area contributed by atoms with E-state index in [9.17, 15) is 9.59 Å². The van der Waals surface area contributed by atoms with E-state index >= 15 is 0 Å². The summed E-state index contributed by atoms with van der Waals surface area (Å²) in [6, 6.07) is 12.6. The van der Waals surface area contributed by atoms with Crippen LogP contribution in [0.4, 0.5) is 0 Å². The zero-order chi connectivity index (χ0) is 15.2. The Bertz CT molecular complexity index is 650. The second kappa shape index (κ2) is 6.90. The Labute approximate surface area is 127 Å². The van der Waals surface area contributed by atoms with Crippen LogP contribution in [-0.2, 0) is 4.74 Å². The second-order valence-corrected chi connectivity index (χ2v) is 4.58. The molecular formula is C16H13ClO4. The molecular weight excluding hydrogens is 292 g/mol. The zero-order valence-corrected chi connectivity index (χ0v) is 12.1. The van der Waals surface area contributed by atoms with Gasteiger partial charge < -0.3 is 9.47 Å². The van der Waals surface area contributed by atoms with Crippen LogP contribution in [0, 0.1) is 0 Å². The first-order chi connectivity index (χ1) is 10.1. The highest BCUT2D eigenvalue weighted by atomic mass is 35.5. The molecule has 0 saturated heterocycles. The first-order valence-electron chi connectivity index (χ1n) is 6.35. The first-order valence-corrected chi connectivity index (χ1v) is 6.73. The summed E-state index contributed by atoms with van der Waals surface area (Å²) in [5.74, 6) is -0.582. The van der Waals surface area contributed by atoms with Gasteiger partial charge in [-0.2, -0.15) is 0 Å². The van der Waals surface area contributed by atoms with Crippen molar-refractivity contribution in [3.63, 3.8) is 0 Å². The van der Waals surface area contributed by atoms with E-state index in [1.807, 2.05) is 0 Å². The van der Waals surface area contributed by atoms with Crippen LogP contribution in [0.1, 0.15) is 27.6 Å². The minimum atomic E-state index is -0.521. The lowest BCUT2D eigenvalue weighted by atomic mass is 10.1. The normalized spacial score (nSPS) is 10.0. The lowest BCUT2D eigenvalue weighted by Crippen LogP contribution is -2.09. The highest BCUT2D eigenvalue weighted by Gasteiger charge is 2.11. The van der Waals surface area contributed by atoms with E-state index in [1.54, 1.807) is 31.2 Å². The van der Waals surface area contributed by atoms with Crippen LogP contribution in [0.3, 0.4) is 0 Å². The van der Waals surface area contributed by atoms with Crippen molar-refractivity contribution in [3.05, 3.63) is 64.7 Å². The summed E-state index contributed by atoms with van der Waals surface area (Å²) < 4.78 is 10.1. The molecule has 21 heavy (non-hydrogen) atoms. The van der Waals surface area contributed by atoms with Crippen molar-refractivity contribution in [2.75, 3.05) is 6.61 Å². The Morgan fingerprint density at radius 3 is 2.19 bits per heavy atom. The summed E-state index contributed by atoms with van der Waals surface area (Å²) >= 11 is 5.82. The number of carbonyl (C=O) groups is 2. The lowest BCUT2D eigenvalue weighted by molar-refractivity contribution is 0.0525. The first kappa shape index (κ1) is 15.1. The zero-order valence-electron chi connectivity index (χ0n) is 11.3. The average molecular weight is 305 g/mol. The molecule has 0 spiro atoms. The van der Waals surface area contributed by atoms with Crippen LogP contribution in [0.2, 0.25) is 5.02 Å². The second-order valence-electron chi connectivity index (χ2n) is 4.14. The van der Waals surface area contributed by atoms with E-state index in [0.717, 1.165) is 0 Å². The molecule has 2 aromatic rings. The highest BCUT2D eigenvalue weighted by molar-refractivity contribution is 6.30. The summed E-state index contributed by atoms with van der Waals surface area (Å²) in [7, 11) is 0. The minimum absolute atomic E-state index is 0.303. The third kappa shape index (κ3) is 4.07. The Kier molecular flexibility index (Phi) is 4.95. The van der Waals surface area contributed by atoms with E-state index in [4.69, 9.17) is 21.1 Å². The Hall–Kier alpha value is -2.33. The van der Waals surface area contributed by atoms with Crippen molar-refractivity contribution in [2.24, 2.45) is 0 Å². The van der Waals surface area contributed by atoms with Gasteiger partial charge in [0.1, 0.15) is 5.75 Å². The lowest BCUT2D eigenvalue weighted by Gasteiger charge is -2.05. The maximum Gasteiger partial charge on any atom is 0.343 e. The number of hydrogen-bond acceptors (Lipinski definition) is 4. The Balaban J connectivity index is 2.08. The van der Waals surface area contributed by atoms with Gasteiger partial charge in [-0.15, -0.1) is 0 Å². The van der Waals surface area contributed by atoms with Gasteiger partial charge in [0.15, 0.2) is 0 Å². The number of ether oxygens (including phenoxy) is 2. The van der Waals surface area contributed by atoms with Crippen molar-refractivity contribution >= 4 is 23.5 Å². The third-order valence-corrected chi connectivity index (χ3v) is 2.87. The fourth-order valence-electron chi connectivity index (χ4n) is 1.65. The third-order valence-electron chi connectivity index (χ3n) is 2.64. The molecule has 0 atom stereocenters. The molecule has 0 saturated carbocycles. The van der Waals surface area contributed by atoms with Gasteiger partial charge in [0.25, 0.3) is 0 Å². The van der Waals surface area contributed by atoms with E-state index in [0.29, 0.717) is 28.5 Å². The van der Waals surface area contributed by atoms with Crippen LogP contribution in [-0.4, -0.2) is 18.5 Å². The molecule has 0 unspecified atom stereocenters. The van der Waals surface area contributed by atoms with Crippen LogP contribution in [0.5, 0.6) is 5.75 Å². The van der Waals surface area contributed by atoms with Crippen molar-refractivity contribution < 1.29 is 19.1 Å². The molecule has 4 nitrogen and oxygen atoms in total. The SMILES string of the molecule is CCOC(=O)c1ccc(C(=O)Oc2cccc(Cl)c2)cc1. The number of halogens is 1. The maximum absolute atomic E-state index is 12.0. The van der Waals surface area contributed by atoms with Crippen molar-refractivity contribution in [3.8, 4) is 5.75 Å². The topological polar surface area (TPSA) is 52.6 Å². The summed E-state index contributed by atoms with van der Waals surface area (Å²) in [6.07, 6.45) is 0. The quantitative estimate of drug-likeness (QED) is 0.638. The number of benzene rings is 2. The highest BCUT2D eigenvalue weighted by Crippen LogP contribution is 2.18. The molecule has 0 aliphatic rings. The maximum atomic E-state index is 12.0. The van der Waals surface area contributed by atoms with Crippen LogP contribution >= 0.6 is 11.6 Å². The molecule has 0 bridgehead atoms. The van der Waals surface area contributed by atoms with Crippen LogP contribution in [0.25, 0.3) is 0 Å². The molecule has 0 aliphatic heterocycles. The molecule has 2 aromatic carbocycles. The van der Waals surface area contributed by atoms with Gasteiger partial charge in [0, 0.05) is 5.02 Å². The summed E-state index contributed by atoms with van der Waals surface area (Å²) in [5.41, 5.74) is 0.721. The number of carbonyl (C=O) groups excluding carboxylic acids is 2. The van der Waals surface area contributed by atoms with E-state index < -0.39 is 11.9 Å². The monoisotopic (exact) mass is 304 g/mol. The van der Waals surface area contributed by atoms with Crippen molar-refractivity contribution in [1.29, 1.82) is 0 Å². The Morgan fingerprint density at radius 1 is 1.00 bits per heavy atom. The molecule has 5 heteroatoms. The van der Waals surface area contributed by atoms with Gasteiger partial charge in [0.05, 0.1) is 17.7 Å². The molecule has 0 aromatic heterocycles. The van der Waals surface area contributed by atoms with Gasteiger partial charge >= 0.3 is 11.9 Å². The molecule has 108 valence electrons. The minimum Gasteiger partial charge on any atom is -0.462 e. The van der Waals surface area contributed by atoms with Gasteiger partial charge in [-0.1, -0.05) is 17.7 Å². The predicted molar refractivity (Wildman–Crippen MR) is 78.8 cm³/mol. The molecule has 2 rings (SSSR count). The molecule has 0 heterocycles. The van der Waals surface area contributed by atoms with E-state index in [1.165, 1.54) is 24.3 Å². The molecule has 0 radical (unpaired) electrons. The molecule has 0 fully saturated rings. The molecule has 0 N–H and O–H groups in total. The van der Waals surface area contributed by atoms with Crippen LogP contribution in [0.15, 0.2) is 48.5 Å².